The van der Waals surface area contributed by atoms with Crippen LogP contribution in [0.1, 0.15) is 6.92 Å². The van der Waals surface area contributed by atoms with Crippen LogP contribution in [-0.4, -0.2) is 0 Å². The molecule has 0 rings (SSSR count). The Bertz CT molecular complexity index is 52.3. The van der Waals surface area contributed by atoms with Crippen LogP contribution >= 0.6 is 0 Å². The normalized spacial score (nSPS) is 11.7. The van der Waals surface area contributed by atoms with Crippen LogP contribution in [0.3, 0.4) is 0 Å². The molecule has 0 radical (unpaired) electrons. The Labute approximate surface area is 46.8 Å². The van der Waals surface area contributed by atoms with Crippen molar-refractivity contribution in [1.82, 2.24) is 0 Å². The van der Waals surface area contributed by atoms with Crippen LogP contribution in [-0.2, 0) is 16.0 Å². The number of allylic oxidation sites excluding steroid dienone is 3. The zero-order valence-corrected chi connectivity index (χ0v) is 4.87. The summed E-state index contributed by atoms with van der Waals surface area (Å²) in [7, 11) is 0. The molecule has 34 valence electrons. The fourth-order valence-corrected chi connectivity index (χ4v) is 0.284. The van der Waals surface area contributed by atoms with Crippen LogP contribution in [0, 0.1) is 0 Å². The van der Waals surface area contributed by atoms with Gasteiger partial charge in [-0.15, -0.1) is 0 Å². The van der Waals surface area contributed by atoms with Crippen LogP contribution in [0.2, 0.25) is 0 Å². The molecule has 0 bridgehead atoms. The monoisotopic (exact) mass is 122 g/mol. The van der Waals surface area contributed by atoms with Gasteiger partial charge < -0.3 is 0 Å². The molecule has 0 aliphatic rings. The van der Waals surface area contributed by atoms with Gasteiger partial charge in [0.2, 0.25) is 0 Å². The molecule has 0 N–H and O–H groups in total. The van der Waals surface area contributed by atoms with Gasteiger partial charge in [0.1, 0.15) is 0 Å². The molecule has 0 aromatic heterocycles. The molecule has 0 nitrogen and oxygen atoms in total. The second-order valence-electron chi connectivity index (χ2n) is 0.844. The predicted octanol–water partition coefficient (Wildman–Crippen LogP) is 1.62. The number of hydrogen-bond donors (Lipinski definition) is 0. The maximum atomic E-state index is 3.12. The second-order valence-corrected chi connectivity index (χ2v) is 1.24. The van der Waals surface area contributed by atoms with Crippen LogP contribution in [0.25, 0.3) is 0 Å². The van der Waals surface area contributed by atoms with E-state index in [1.807, 2.05) is 30.1 Å². The molecule has 6 heavy (non-hydrogen) atoms. The molecule has 1 heteroatoms. The Kier molecular flexibility index (Phi) is 5.00. The summed E-state index contributed by atoms with van der Waals surface area (Å²) in [6.07, 6.45) is 5.84. The van der Waals surface area contributed by atoms with Crippen molar-refractivity contribution in [2.24, 2.45) is 0 Å². The van der Waals surface area contributed by atoms with Gasteiger partial charge in [0.15, 0.2) is 0 Å². The average Bonchev–Trinajstić information content (AvgIpc) is 1.61. The van der Waals surface area contributed by atoms with Gasteiger partial charge in [-0.1, -0.05) is 0 Å². The van der Waals surface area contributed by atoms with Crippen molar-refractivity contribution in [3.05, 3.63) is 23.2 Å². The summed E-state index contributed by atoms with van der Waals surface area (Å²) in [5.41, 5.74) is 0. The van der Waals surface area contributed by atoms with E-state index in [0.29, 0.717) is 0 Å². The zero-order valence-electron chi connectivity index (χ0n) is 3.69. The van der Waals surface area contributed by atoms with Gasteiger partial charge in [0, 0.05) is 0 Å². The quantitative estimate of drug-likeness (QED) is 0.366. The Morgan fingerprint density at radius 3 is 2.17 bits per heavy atom. The summed E-state index contributed by atoms with van der Waals surface area (Å²) in [6.45, 7) is 1.98. The van der Waals surface area contributed by atoms with Crippen LogP contribution < -0.4 is 0 Å². The molecule has 0 aliphatic carbocycles. The molecule has 0 unspecified atom stereocenters. The van der Waals surface area contributed by atoms with E-state index in [-0.39, 0.29) is 0 Å². The van der Waals surface area contributed by atoms with E-state index >= 15 is 0 Å². The Hall–Kier alpha value is -0.000519. The van der Waals surface area contributed by atoms with Gasteiger partial charge in [-0.2, -0.15) is 0 Å². The Balaban J connectivity index is 3.07. The molecule has 0 heterocycles. The van der Waals surface area contributed by atoms with Crippen molar-refractivity contribution in [3.63, 3.8) is 0 Å². The van der Waals surface area contributed by atoms with E-state index in [2.05, 4.69) is 16.0 Å². The fraction of sp³-hybridized carbons (Fsp3) is 0.200. The summed E-state index contributed by atoms with van der Waals surface area (Å²) in [5, 5.41) is 0. The van der Waals surface area contributed by atoms with E-state index in [1.54, 1.807) is 0 Å². The van der Waals surface area contributed by atoms with Crippen LogP contribution in [0.15, 0.2) is 23.2 Å². The first kappa shape index (κ1) is 6.00. The summed E-state index contributed by atoms with van der Waals surface area (Å²) in [6, 6.07) is 0. The first-order valence-corrected chi connectivity index (χ1v) is 2.48. The van der Waals surface area contributed by atoms with Crippen molar-refractivity contribution in [3.8, 4) is 0 Å². The molecular formula is C5H7Mn. The topological polar surface area (TPSA) is 0 Å². The third-order valence-corrected chi connectivity index (χ3v) is 0.603. The molecule has 0 amide bonds. The van der Waals surface area contributed by atoms with E-state index in [9.17, 15) is 0 Å². The number of hydrogen-bond acceptors (Lipinski definition) is 0. The summed E-state index contributed by atoms with van der Waals surface area (Å²) in [5.74, 6) is 0. The first-order chi connectivity index (χ1) is 2.91. The van der Waals surface area contributed by atoms with Gasteiger partial charge in [0.05, 0.1) is 0 Å². The van der Waals surface area contributed by atoms with Crippen LogP contribution in [0.5, 0.6) is 0 Å². The molecular weight excluding hydrogens is 115 g/mol. The summed E-state index contributed by atoms with van der Waals surface area (Å²) >= 11 is 3.12. The Morgan fingerprint density at radius 1 is 1.33 bits per heavy atom. The second kappa shape index (κ2) is 5.00. The summed E-state index contributed by atoms with van der Waals surface area (Å²) in [4.78, 5) is 1.81. The maximum absolute atomic E-state index is 3.12. The number of rotatable bonds is 1. The minimum atomic E-state index is 1.81. The molecule has 0 atom stereocenters. The van der Waals surface area contributed by atoms with Gasteiger partial charge >= 0.3 is 46.1 Å². The SMILES string of the molecule is C/C=C/C=[CH]/[Mn]. The van der Waals surface area contributed by atoms with Gasteiger partial charge in [-0.3, -0.25) is 0 Å². The van der Waals surface area contributed by atoms with E-state index < -0.39 is 0 Å². The van der Waals surface area contributed by atoms with E-state index in [0.717, 1.165) is 0 Å². The van der Waals surface area contributed by atoms with Crippen molar-refractivity contribution < 1.29 is 16.0 Å². The molecule has 0 aromatic rings. The van der Waals surface area contributed by atoms with Gasteiger partial charge in [-0.05, 0) is 0 Å². The predicted molar refractivity (Wildman–Crippen MR) is 24.0 cm³/mol. The summed E-state index contributed by atoms with van der Waals surface area (Å²) < 4.78 is 0. The van der Waals surface area contributed by atoms with E-state index in [1.165, 1.54) is 0 Å². The average molecular weight is 122 g/mol. The van der Waals surface area contributed by atoms with Gasteiger partial charge in [0.25, 0.3) is 0 Å². The molecule has 0 aliphatic heterocycles. The molecule has 0 fully saturated rings. The molecule has 0 saturated heterocycles. The molecule has 0 aromatic carbocycles. The molecule has 0 saturated carbocycles. The van der Waals surface area contributed by atoms with Crippen molar-refractivity contribution in [2.75, 3.05) is 0 Å². The first-order valence-electron chi connectivity index (χ1n) is 1.80. The van der Waals surface area contributed by atoms with E-state index in [4.69, 9.17) is 0 Å². The third kappa shape index (κ3) is 4.00. The van der Waals surface area contributed by atoms with Crippen LogP contribution in [0.4, 0.5) is 0 Å². The van der Waals surface area contributed by atoms with Crippen molar-refractivity contribution in [2.45, 2.75) is 6.92 Å². The van der Waals surface area contributed by atoms with Crippen molar-refractivity contribution >= 4 is 0 Å². The van der Waals surface area contributed by atoms with Gasteiger partial charge in [-0.25, -0.2) is 0 Å². The fourth-order valence-electron chi connectivity index (χ4n) is 0.153. The minimum absolute atomic E-state index is 1.81. The van der Waals surface area contributed by atoms with Crippen molar-refractivity contribution in [1.29, 1.82) is 0 Å². The molecule has 0 spiro atoms. The third-order valence-electron chi connectivity index (χ3n) is 0.376. The standard InChI is InChI=1S/C5H7.Mn/c1-3-5-4-2;/h1,3-5H,2H3;/b3-1?,5-4+;. The zero-order chi connectivity index (χ0) is 4.83. The Morgan fingerprint density at radius 2 is 2.00 bits per heavy atom.